The van der Waals surface area contributed by atoms with Crippen molar-refractivity contribution in [1.29, 1.82) is 0 Å². The Labute approximate surface area is 129 Å². The average Bonchev–Trinajstić information content (AvgIpc) is 2.49. The molecule has 0 bridgehead atoms. The van der Waals surface area contributed by atoms with E-state index in [1.807, 2.05) is 19.0 Å². The van der Waals surface area contributed by atoms with Gasteiger partial charge in [0.15, 0.2) is 0 Å². The third-order valence-electron chi connectivity index (χ3n) is 2.99. The molecular weight excluding hydrogens is 283 g/mol. The van der Waals surface area contributed by atoms with Crippen molar-refractivity contribution in [3.05, 3.63) is 54.1 Å². The molecule has 1 aromatic heterocycles. The summed E-state index contributed by atoms with van der Waals surface area (Å²) < 4.78 is 13.6. The normalized spacial score (nSPS) is 10.5. The maximum atomic E-state index is 13.6. The first-order valence-corrected chi connectivity index (χ1v) is 6.97. The Hall–Kier alpha value is -2.47. The number of amides is 1. The minimum Gasteiger partial charge on any atom is -0.353 e. The third-order valence-corrected chi connectivity index (χ3v) is 2.99. The lowest BCUT2D eigenvalue weighted by Crippen LogP contribution is -2.31. The summed E-state index contributed by atoms with van der Waals surface area (Å²) >= 11 is 0. The highest BCUT2D eigenvalue weighted by atomic mass is 19.1. The van der Waals surface area contributed by atoms with Gasteiger partial charge in [-0.15, -0.1) is 0 Å². The van der Waals surface area contributed by atoms with Crippen LogP contribution in [-0.2, 0) is 0 Å². The fourth-order valence-electron chi connectivity index (χ4n) is 1.83. The highest BCUT2D eigenvalue weighted by molar-refractivity contribution is 5.93. The molecular formula is C16H19FN4O. The Morgan fingerprint density at radius 2 is 2.05 bits per heavy atom. The van der Waals surface area contributed by atoms with Crippen LogP contribution in [-0.4, -0.2) is 43.0 Å². The summed E-state index contributed by atoms with van der Waals surface area (Å²) in [5.41, 5.74) is 1.26. The molecule has 0 fully saturated rings. The van der Waals surface area contributed by atoms with Crippen LogP contribution in [0.3, 0.4) is 0 Å². The largest absolute Gasteiger partial charge is 0.353 e. The van der Waals surface area contributed by atoms with E-state index in [4.69, 9.17) is 0 Å². The van der Waals surface area contributed by atoms with Crippen LogP contribution in [0, 0.1) is 5.82 Å². The zero-order valence-corrected chi connectivity index (χ0v) is 12.6. The summed E-state index contributed by atoms with van der Waals surface area (Å²) in [5.74, 6) is -0.602. The summed E-state index contributed by atoms with van der Waals surface area (Å²) in [4.78, 5) is 18.0. The van der Waals surface area contributed by atoms with Crippen molar-refractivity contribution in [1.82, 2.24) is 15.2 Å². The van der Waals surface area contributed by atoms with Crippen LogP contribution in [0.1, 0.15) is 10.5 Å². The Morgan fingerprint density at radius 1 is 1.27 bits per heavy atom. The molecule has 2 N–H and O–H groups in total. The van der Waals surface area contributed by atoms with E-state index in [0.29, 0.717) is 23.6 Å². The molecule has 0 spiro atoms. The molecule has 0 aliphatic rings. The monoisotopic (exact) mass is 302 g/mol. The van der Waals surface area contributed by atoms with E-state index in [2.05, 4.69) is 15.6 Å². The van der Waals surface area contributed by atoms with Crippen molar-refractivity contribution in [2.24, 2.45) is 0 Å². The number of halogens is 1. The fraction of sp³-hybridized carbons (Fsp3) is 0.250. The van der Waals surface area contributed by atoms with Crippen molar-refractivity contribution in [3.8, 4) is 0 Å². The number of aromatic nitrogens is 1. The topological polar surface area (TPSA) is 57.3 Å². The average molecular weight is 302 g/mol. The highest BCUT2D eigenvalue weighted by Gasteiger charge is 2.08. The van der Waals surface area contributed by atoms with Crippen molar-refractivity contribution in [3.63, 3.8) is 0 Å². The van der Waals surface area contributed by atoms with E-state index < -0.39 is 0 Å². The summed E-state index contributed by atoms with van der Waals surface area (Å²) in [6.07, 6.45) is 1.52. The SMILES string of the molecule is CN(C)CCNC(=O)c1cc(Nc2ccccc2F)ccn1. The van der Waals surface area contributed by atoms with Crippen LogP contribution in [0.5, 0.6) is 0 Å². The lowest BCUT2D eigenvalue weighted by Gasteiger charge is -2.11. The zero-order valence-electron chi connectivity index (χ0n) is 12.6. The van der Waals surface area contributed by atoms with Crippen LogP contribution in [0.25, 0.3) is 0 Å². The Bertz CT molecular complexity index is 646. The second kappa shape index (κ2) is 7.51. The fourth-order valence-corrected chi connectivity index (χ4v) is 1.83. The summed E-state index contributed by atoms with van der Waals surface area (Å²) in [7, 11) is 3.87. The number of rotatable bonds is 6. The van der Waals surface area contributed by atoms with E-state index in [9.17, 15) is 9.18 Å². The maximum absolute atomic E-state index is 13.6. The van der Waals surface area contributed by atoms with Gasteiger partial charge in [-0.2, -0.15) is 0 Å². The molecule has 0 saturated heterocycles. The molecule has 0 aliphatic carbocycles. The lowest BCUT2D eigenvalue weighted by molar-refractivity contribution is 0.0946. The summed E-state index contributed by atoms with van der Waals surface area (Å²) in [6, 6.07) is 9.64. The van der Waals surface area contributed by atoms with Gasteiger partial charge < -0.3 is 15.5 Å². The van der Waals surface area contributed by atoms with Gasteiger partial charge in [0.2, 0.25) is 0 Å². The number of hydrogen-bond acceptors (Lipinski definition) is 4. The molecule has 0 radical (unpaired) electrons. The van der Waals surface area contributed by atoms with Gasteiger partial charge in [-0.1, -0.05) is 12.1 Å². The van der Waals surface area contributed by atoms with Crippen LogP contribution in [0.4, 0.5) is 15.8 Å². The molecule has 1 aromatic carbocycles. The molecule has 22 heavy (non-hydrogen) atoms. The number of carbonyl (C=O) groups is 1. The predicted molar refractivity (Wildman–Crippen MR) is 84.8 cm³/mol. The number of benzene rings is 1. The van der Waals surface area contributed by atoms with Crippen molar-refractivity contribution in [2.75, 3.05) is 32.5 Å². The van der Waals surface area contributed by atoms with E-state index >= 15 is 0 Å². The third kappa shape index (κ3) is 4.53. The quantitative estimate of drug-likeness (QED) is 0.859. The van der Waals surface area contributed by atoms with Crippen LogP contribution in [0.15, 0.2) is 42.6 Å². The lowest BCUT2D eigenvalue weighted by atomic mass is 10.2. The number of nitrogens with one attached hydrogen (secondary N) is 2. The molecule has 0 unspecified atom stereocenters. The molecule has 2 rings (SSSR count). The maximum Gasteiger partial charge on any atom is 0.269 e. The first-order valence-electron chi connectivity index (χ1n) is 6.97. The van der Waals surface area contributed by atoms with Gasteiger partial charge in [-0.3, -0.25) is 9.78 Å². The second-order valence-corrected chi connectivity index (χ2v) is 5.09. The van der Waals surface area contributed by atoms with Gasteiger partial charge in [-0.05, 0) is 38.4 Å². The summed E-state index contributed by atoms with van der Waals surface area (Å²) in [5, 5.41) is 5.73. The Morgan fingerprint density at radius 3 is 2.77 bits per heavy atom. The van der Waals surface area contributed by atoms with E-state index in [1.54, 1.807) is 30.3 Å². The van der Waals surface area contributed by atoms with Crippen molar-refractivity contribution in [2.45, 2.75) is 0 Å². The van der Waals surface area contributed by atoms with Crippen molar-refractivity contribution >= 4 is 17.3 Å². The number of hydrogen-bond donors (Lipinski definition) is 2. The Kier molecular flexibility index (Phi) is 5.43. The molecule has 5 nitrogen and oxygen atoms in total. The van der Waals surface area contributed by atoms with Gasteiger partial charge in [0.1, 0.15) is 11.5 Å². The van der Waals surface area contributed by atoms with Gasteiger partial charge in [-0.25, -0.2) is 4.39 Å². The first kappa shape index (κ1) is 15.9. The minimum atomic E-state index is -0.351. The molecule has 6 heteroatoms. The second-order valence-electron chi connectivity index (χ2n) is 5.09. The number of nitrogens with zero attached hydrogens (tertiary/aromatic N) is 2. The molecule has 0 saturated carbocycles. The predicted octanol–water partition coefficient (Wildman–Crippen LogP) is 2.26. The minimum absolute atomic E-state index is 0.251. The molecule has 116 valence electrons. The molecule has 1 heterocycles. The van der Waals surface area contributed by atoms with Gasteiger partial charge in [0.25, 0.3) is 5.91 Å². The van der Waals surface area contributed by atoms with E-state index in [0.717, 1.165) is 6.54 Å². The first-order chi connectivity index (χ1) is 10.6. The number of pyridine rings is 1. The van der Waals surface area contributed by atoms with Crippen LogP contribution in [0.2, 0.25) is 0 Å². The Balaban J connectivity index is 2.03. The zero-order chi connectivity index (χ0) is 15.9. The van der Waals surface area contributed by atoms with Gasteiger partial charge in [0.05, 0.1) is 5.69 Å². The van der Waals surface area contributed by atoms with Crippen LogP contribution < -0.4 is 10.6 Å². The number of para-hydroxylation sites is 1. The molecule has 2 aromatic rings. The highest BCUT2D eigenvalue weighted by Crippen LogP contribution is 2.19. The molecule has 0 aliphatic heterocycles. The number of anilines is 2. The van der Waals surface area contributed by atoms with Crippen LogP contribution >= 0.6 is 0 Å². The molecule has 0 atom stereocenters. The van der Waals surface area contributed by atoms with E-state index in [-0.39, 0.29) is 11.7 Å². The van der Waals surface area contributed by atoms with Crippen molar-refractivity contribution < 1.29 is 9.18 Å². The number of likely N-dealkylation sites (N-methyl/N-ethyl adjacent to an activating group) is 1. The van der Waals surface area contributed by atoms with Gasteiger partial charge >= 0.3 is 0 Å². The van der Waals surface area contributed by atoms with Gasteiger partial charge in [0, 0.05) is 25.0 Å². The molecule has 1 amide bonds. The number of carbonyl (C=O) groups excluding carboxylic acids is 1. The van der Waals surface area contributed by atoms with E-state index in [1.165, 1.54) is 12.3 Å². The smallest absolute Gasteiger partial charge is 0.269 e. The standard InChI is InChI=1S/C16H19FN4O/c1-21(2)10-9-19-16(22)15-11-12(7-8-18-15)20-14-6-4-3-5-13(14)17/h3-8,11H,9-10H2,1-2H3,(H,18,20)(H,19,22). The summed E-state index contributed by atoms with van der Waals surface area (Å²) in [6.45, 7) is 1.29.